The molecular formula is C13H21N3O. The minimum atomic E-state index is 0.0149. The zero-order valence-corrected chi connectivity index (χ0v) is 10.7. The van der Waals surface area contributed by atoms with Crippen molar-refractivity contribution < 1.29 is 4.79 Å². The Bertz CT molecular complexity index is 359. The fourth-order valence-electron chi connectivity index (χ4n) is 1.62. The van der Waals surface area contributed by atoms with Crippen LogP contribution < -0.4 is 16.2 Å². The Kier molecular flexibility index (Phi) is 5.12. The van der Waals surface area contributed by atoms with E-state index in [-0.39, 0.29) is 11.8 Å². The van der Waals surface area contributed by atoms with Gasteiger partial charge in [0, 0.05) is 25.2 Å². The van der Waals surface area contributed by atoms with Crippen molar-refractivity contribution in [3.8, 4) is 0 Å². The Morgan fingerprint density at radius 1 is 1.35 bits per heavy atom. The van der Waals surface area contributed by atoms with Gasteiger partial charge in [0.05, 0.1) is 0 Å². The van der Waals surface area contributed by atoms with E-state index in [0.717, 1.165) is 18.7 Å². The number of rotatable bonds is 5. The molecule has 0 spiro atoms. The predicted octanol–water partition coefficient (Wildman–Crippen LogP) is 1.31. The fraction of sp³-hybridized carbons (Fsp3) is 0.462. The molecule has 1 amide bonds. The van der Waals surface area contributed by atoms with Crippen molar-refractivity contribution in [1.29, 1.82) is 0 Å². The smallest absolute Gasteiger partial charge is 0.229 e. The van der Waals surface area contributed by atoms with Gasteiger partial charge < -0.3 is 4.90 Å². The van der Waals surface area contributed by atoms with Gasteiger partial charge in [0.15, 0.2) is 0 Å². The van der Waals surface area contributed by atoms with Gasteiger partial charge in [-0.3, -0.25) is 16.1 Å². The normalized spacial score (nSPS) is 10.6. The molecule has 0 bridgehead atoms. The summed E-state index contributed by atoms with van der Waals surface area (Å²) in [6, 6.07) is 7.98. The number of carbonyl (C=O) groups excluding carboxylic acids is 1. The number of hydrogen-bond donors (Lipinski definition) is 2. The summed E-state index contributed by atoms with van der Waals surface area (Å²) >= 11 is 0. The summed E-state index contributed by atoms with van der Waals surface area (Å²) < 4.78 is 0. The molecule has 0 saturated carbocycles. The molecule has 1 aromatic carbocycles. The second kappa shape index (κ2) is 6.37. The van der Waals surface area contributed by atoms with Gasteiger partial charge in [-0.2, -0.15) is 0 Å². The molecule has 94 valence electrons. The third-order valence-corrected chi connectivity index (χ3v) is 2.71. The second-order valence-corrected chi connectivity index (χ2v) is 4.42. The molecule has 4 heteroatoms. The van der Waals surface area contributed by atoms with Crippen LogP contribution in [-0.2, 0) is 11.2 Å². The summed E-state index contributed by atoms with van der Waals surface area (Å²) in [7, 11) is 1.80. The molecule has 0 aromatic heterocycles. The molecule has 0 radical (unpaired) electrons. The number of amides is 1. The summed E-state index contributed by atoms with van der Waals surface area (Å²) in [6.45, 7) is 4.56. The zero-order chi connectivity index (χ0) is 12.8. The molecule has 0 saturated heterocycles. The molecule has 1 aromatic rings. The molecule has 1 rings (SSSR count). The van der Waals surface area contributed by atoms with E-state index in [0.29, 0.717) is 0 Å². The first-order valence-electron chi connectivity index (χ1n) is 5.86. The van der Waals surface area contributed by atoms with Crippen molar-refractivity contribution in [3.05, 3.63) is 29.8 Å². The highest BCUT2D eigenvalue weighted by Crippen LogP contribution is 2.16. The van der Waals surface area contributed by atoms with Gasteiger partial charge in [0.2, 0.25) is 5.91 Å². The summed E-state index contributed by atoms with van der Waals surface area (Å²) in [6.07, 6.45) is 0.888. The molecule has 4 nitrogen and oxygen atoms in total. The van der Waals surface area contributed by atoms with Gasteiger partial charge in [-0.05, 0) is 24.1 Å². The van der Waals surface area contributed by atoms with Gasteiger partial charge in [-0.25, -0.2) is 0 Å². The molecule has 17 heavy (non-hydrogen) atoms. The van der Waals surface area contributed by atoms with E-state index >= 15 is 0 Å². The summed E-state index contributed by atoms with van der Waals surface area (Å²) in [5.41, 5.74) is 4.75. The first kappa shape index (κ1) is 13.7. The number of anilines is 1. The van der Waals surface area contributed by atoms with Crippen LogP contribution in [0.5, 0.6) is 0 Å². The molecule has 0 atom stereocenters. The molecular weight excluding hydrogens is 214 g/mol. The minimum Gasteiger partial charge on any atom is -0.315 e. The topological polar surface area (TPSA) is 58.4 Å². The maximum absolute atomic E-state index is 11.8. The summed E-state index contributed by atoms with van der Waals surface area (Å²) in [5, 5.41) is 0. The second-order valence-electron chi connectivity index (χ2n) is 4.42. The van der Waals surface area contributed by atoms with Crippen molar-refractivity contribution in [2.75, 3.05) is 18.5 Å². The molecule has 0 aliphatic carbocycles. The summed E-state index contributed by atoms with van der Waals surface area (Å²) in [4.78, 5) is 13.5. The number of hydrogen-bond acceptors (Lipinski definition) is 3. The Morgan fingerprint density at radius 2 is 1.94 bits per heavy atom. The minimum absolute atomic E-state index is 0.0149. The standard InChI is InChI=1S/C13H21N3O/c1-10(2)13(17)16(3)12-6-4-11(5-7-12)8-9-15-14/h4-7,10,15H,8-9,14H2,1-3H3. The number of nitrogens with zero attached hydrogens (tertiary/aromatic N) is 1. The van der Waals surface area contributed by atoms with Crippen LogP contribution in [0, 0.1) is 5.92 Å². The van der Waals surface area contributed by atoms with Crippen molar-refractivity contribution >= 4 is 11.6 Å². The molecule has 0 aliphatic rings. The number of hydrazine groups is 1. The van der Waals surface area contributed by atoms with Crippen molar-refractivity contribution in [1.82, 2.24) is 5.43 Å². The lowest BCUT2D eigenvalue weighted by Crippen LogP contribution is -2.30. The maximum atomic E-state index is 11.8. The van der Waals surface area contributed by atoms with Crippen LogP contribution in [0.25, 0.3) is 0 Å². The van der Waals surface area contributed by atoms with Crippen LogP contribution in [0.2, 0.25) is 0 Å². The molecule has 3 N–H and O–H groups in total. The van der Waals surface area contributed by atoms with Gasteiger partial charge in [-0.1, -0.05) is 26.0 Å². The Labute approximate surface area is 103 Å². The Morgan fingerprint density at radius 3 is 2.41 bits per heavy atom. The van der Waals surface area contributed by atoms with Crippen LogP contribution in [-0.4, -0.2) is 19.5 Å². The summed E-state index contributed by atoms with van der Waals surface area (Å²) in [5.74, 6) is 5.37. The highest BCUT2D eigenvalue weighted by Gasteiger charge is 2.14. The first-order chi connectivity index (χ1) is 8.06. The molecule has 0 fully saturated rings. The number of nitrogens with one attached hydrogen (secondary N) is 1. The SMILES string of the molecule is CC(C)C(=O)N(C)c1ccc(CCNN)cc1. The van der Waals surface area contributed by atoms with Crippen LogP contribution in [0.4, 0.5) is 5.69 Å². The van der Waals surface area contributed by atoms with Crippen molar-refractivity contribution in [2.24, 2.45) is 11.8 Å². The Hall–Kier alpha value is -1.39. The third kappa shape index (κ3) is 3.84. The van der Waals surface area contributed by atoms with E-state index in [9.17, 15) is 4.79 Å². The van der Waals surface area contributed by atoms with Crippen LogP contribution in [0.3, 0.4) is 0 Å². The predicted molar refractivity (Wildman–Crippen MR) is 70.6 cm³/mol. The molecule has 0 heterocycles. The average molecular weight is 235 g/mol. The highest BCUT2D eigenvalue weighted by atomic mass is 16.2. The van der Waals surface area contributed by atoms with Crippen molar-refractivity contribution in [3.63, 3.8) is 0 Å². The van der Waals surface area contributed by atoms with Crippen molar-refractivity contribution in [2.45, 2.75) is 20.3 Å². The Balaban J connectivity index is 2.70. The quantitative estimate of drug-likeness (QED) is 0.597. The number of carbonyl (C=O) groups is 1. The lowest BCUT2D eigenvalue weighted by atomic mass is 10.1. The highest BCUT2D eigenvalue weighted by molar-refractivity contribution is 5.94. The van der Waals surface area contributed by atoms with Crippen LogP contribution in [0.1, 0.15) is 19.4 Å². The zero-order valence-electron chi connectivity index (χ0n) is 10.7. The van der Waals surface area contributed by atoms with Gasteiger partial charge in [0.25, 0.3) is 0 Å². The van der Waals surface area contributed by atoms with Crippen LogP contribution in [0.15, 0.2) is 24.3 Å². The van der Waals surface area contributed by atoms with E-state index < -0.39 is 0 Å². The maximum Gasteiger partial charge on any atom is 0.229 e. The largest absolute Gasteiger partial charge is 0.315 e. The first-order valence-corrected chi connectivity index (χ1v) is 5.86. The van der Waals surface area contributed by atoms with Gasteiger partial charge in [0.1, 0.15) is 0 Å². The van der Waals surface area contributed by atoms with Gasteiger partial charge >= 0.3 is 0 Å². The van der Waals surface area contributed by atoms with E-state index in [1.807, 2.05) is 38.1 Å². The van der Waals surface area contributed by atoms with E-state index in [4.69, 9.17) is 5.84 Å². The van der Waals surface area contributed by atoms with E-state index in [2.05, 4.69) is 5.43 Å². The lowest BCUT2D eigenvalue weighted by molar-refractivity contribution is -0.121. The third-order valence-electron chi connectivity index (χ3n) is 2.71. The van der Waals surface area contributed by atoms with Gasteiger partial charge in [-0.15, -0.1) is 0 Å². The number of nitrogens with two attached hydrogens (primary N) is 1. The van der Waals surface area contributed by atoms with E-state index in [1.165, 1.54) is 5.56 Å². The fourth-order valence-corrected chi connectivity index (χ4v) is 1.62. The average Bonchev–Trinajstić information content (AvgIpc) is 2.35. The lowest BCUT2D eigenvalue weighted by Gasteiger charge is -2.19. The van der Waals surface area contributed by atoms with Crippen LogP contribution >= 0.6 is 0 Å². The van der Waals surface area contributed by atoms with E-state index in [1.54, 1.807) is 11.9 Å². The molecule has 0 aliphatic heterocycles. The monoisotopic (exact) mass is 235 g/mol. The molecule has 0 unspecified atom stereocenters. The number of benzene rings is 1.